The van der Waals surface area contributed by atoms with Gasteiger partial charge in [0.05, 0.1) is 35.7 Å². The number of amides is 1. The summed E-state index contributed by atoms with van der Waals surface area (Å²) < 4.78 is 5.59. The average Bonchev–Trinajstić information content (AvgIpc) is 3.24. The van der Waals surface area contributed by atoms with Gasteiger partial charge in [0, 0.05) is 17.8 Å². The Morgan fingerprint density at radius 2 is 2.25 bits per heavy atom. The monoisotopic (exact) mass is 373 g/mol. The zero-order valence-electron chi connectivity index (χ0n) is 15.5. The zero-order chi connectivity index (χ0) is 19.8. The van der Waals surface area contributed by atoms with Gasteiger partial charge in [-0.05, 0) is 41.8 Å². The van der Waals surface area contributed by atoms with Crippen LogP contribution in [0.4, 0.5) is 5.69 Å². The van der Waals surface area contributed by atoms with E-state index in [0.29, 0.717) is 35.9 Å². The van der Waals surface area contributed by atoms with Crippen LogP contribution in [-0.4, -0.2) is 34.2 Å². The van der Waals surface area contributed by atoms with Gasteiger partial charge in [0.25, 0.3) is 5.91 Å². The molecule has 28 heavy (non-hydrogen) atoms. The lowest BCUT2D eigenvalue weighted by Crippen LogP contribution is -2.26. The molecule has 0 saturated carbocycles. The largest absolute Gasteiger partial charge is 0.476 e. The van der Waals surface area contributed by atoms with E-state index in [4.69, 9.17) is 15.7 Å². The number of aromatic amines is 1. The maximum absolute atomic E-state index is 12.8. The van der Waals surface area contributed by atoms with Crippen molar-refractivity contribution in [3.8, 4) is 23.1 Å². The molecule has 1 aromatic heterocycles. The Labute approximate surface area is 162 Å². The number of hydrogen-bond acceptors (Lipinski definition) is 5. The number of nitrogen functional groups attached to an aromatic ring is 1. The highest BCUT2D eigenvalue weighted by molar-refractivity contribution is 6.05. The quantitative estimate of drug-likeness (QED) is 0.527. The normalized spacial score (nSPS) is 12.9. The summed E-state index contributed by atoms with van der Waals surface area (Å²) in [4.78, 5) is 14.4. The summed E-state index contributed by atoms with van der Waals surface area (Å²) >= 11 is 0. The Hall–Kier alpha value is -3.79. The van der Waals surface area contributed by atoms with Gasteiger partial charge in [-0.25, -0.2) is 0 Å². The minimum Gasteiger partial charge on any atom is -0.476 e. The number of rotatable bonds is 5. The van der Waals surface area contributed by atoms with Crippen molar-refractivity contribution in [1.29, 1.82) is 5.26 Å². The first kappa shape index (κ1) is 17.6. The van der Waals surface area contributed by atoms with Gasteiger partial charge in [-0.3, -0.25) is 9.89 Å². The Morgan fingerprint density at radius 3 is 3.00 bits per heavy atom. The molecular formula is C21H19N5O2. The molecule has 0 bridgehead atoms. The molecule has 2 aromatic carbocycles. The number of nitrogens with one attached hydrogen (secondary N) is 1. The predicted molar refractivity (Wildman–Crippen MR) is 107 cm³/mol. The molecule has 0 radical (unpaired) electrons. The Bertz CT molecular complexity index is 1160. The summed E-state index contributed by atoms with van der Waals surface area (Å²) in [5.74, 6) is 0.375. The van der Waals surface area contributed by atoms with Crippen LogP contribution in [0.5, 0.6) is 5.88 Å². The SMILES string of the molecule is C=C(C#N)CN1Cc2c(-c3ccc4[nH]nc(OCC)c4c3)ccc(N)c2C1=O. The number of ether oxygens (including phenoxy) is 1. The summed E-state index contributed by atoms with van der Waals surface area (Å²) in [5, 5.41) is 17.0. The van der Waals surface area contributed by atoms with Crippen molar-refractivity contribution in [2.75, 3.05) is 18.9 Å². The summed E-state index contributed by atoms with van der Waals surface area (Å²) in [7, 11) is 0. The van der Waals surface area contributed by atoms with Crippen molar-refractivity contribution < 1.29 is 9.53 Å². The van der Waals surface area contributed by atoms with E-state index in [1.165, 1.54) is 0 Å². The molecule has 4 rings (SSSR count). The van der Waals surface area contributed by atoms with Gasteiger partial charge in [0.1, 0.15) is 0 Å². The van der Waals surface area contributed by atoms with E-state index in [-0.39, 0.29) is 12.5 Å². The lowest BCUT2D eigenvalue weighted by molar-refractivity contribution is 0.0794. The highest BCUT2D eigenvalue weighted by atomic mass is 16.5. The molecule has 0 unspecified atom stereocenters. The van der Waals surface area contributed by atoms with E-state index in [0.717, 1.165) is 27.6 Å². The van der Waals surface area contributed by atoms with Gasteiger partial charge in [-0.2, -0.15) is 5.26 Å². The number of hydrogen-bond donors (Lipinski definition) is 2. The second-order valence-corrected chi connectivity index (χ2v) is 6.65. The van der Waals surface area contributed by atoms with Crippen LogP contribution in [0.1, 0.15) is 22.8 Å². The fourth-order valence-corrected chi connectivity index (χ4v) is 3.57. The van der Waals surface area contributed by atoms with Crippen molar-refractivity contribution in [3.05, 3.63) is 53.6 Å². The molecule has 0 aliphatic carbocycles. The molecule has 7 heteroatoms. The molecule has 0 fully saturated rings. The van der Waals surface area contributed by atoms with Gasteiger partial charge in [-0.1, -0.05) is 18.7 Å². The van der Waals surface area contributed by atoms with E-state index in [1.54, 1.807) is 11.0 Å². The maximum Gasteiger partial charge on any atom is 0.256 e. The summed E-state index contributed by atoms with van der Waals surface area (Å²) in [5.41, 5.74) is 11.0. The first-order valence-corrected chi connectivity index (χ1v) is 8.93. The Morgan fingerprint density at radius 1 is 1.43 bits per heavy atom. The number of carbonyl (C=O) groups is 1. The fraction of sp³-hybridized carbons (Fsp3) is 0.190. The van der Waals surface area contributed by atoms with E-state index >= 15 is 0 Å². The number of H-pyrrole nitrogens is 1. The van der Waals surface area contributed by atoms with Gasteiger partial charge >= 0.3 is 0 Å². The zero-order valence-corrected chi connectivity index (χ0v) is 15.5. The molecule has 1 aliphatic heterocycles. The van der Waals surface area contributed by atoms with Crippen LogP contribution in [0.2, 0.25) is 0 Å². The van der Waals surface area contributed by atoms with Gasteiger partial charge < -0.3 is 15.4 Å². The van der Waals surface area contributed by atoms with Crippen molar-refractivity contribution >= 4 is 22.5 Å². The third kappa shape index (κ3) is 2.76. The third-order valence-corrected chi connectivity index (χ3v) is 4.85. The summed E-state index contributed by atoms with van der Waals surface area (Å²) in [6, 6.07) is 11.6. The number of nitriles is 1. The molecule has 0 spiro atoms. The molecular weight excluding hydrogens is 354 g/mol. The number of anilines is 1. The minimum absolute atomic E-state index is 0.176. The number of nitrogens with zero attached hydrogens (tertiary/aromatic N) is 3. The molecule has 0 atom stereocenters. The van der Waals surface area contributed by atoms with Crippen LogP contribution in [0.15, 0.2) is 42.5 Å². The lowest BCUT2D eigenvalue weighted by atomic mass is 9.95. The minimum atomic E-state index is -0.176. The van der Waals surface area contributed by atoms with E-state index < -0.39 is 0 Å². The van der Waals surface area contributed by atoms with Crippen molar-refractivity contribution in [3.63, 3.8) is 0 Å². The summed E-state index contributed by atoms with van der Waals surface area (Å²) in [6.07, 6.45) is 0. The lowest BCUT2D eigenvalue weighted by Gasteiger charge is -2.14. The average molecular weight is 373 g/mol. The smallest absolute Gasteiger partial charge is 0.256 e. The second-order valence-electron chi connectivity index (χ2n) is 6.65. The van der Waals surface area contributed by atoms with Crippen LogP contribution in [0, 0.1) is 11.3 Å². The predicted octanol–water partition coefficient (Wildman–Crippen LogP) is 3.25. The van der Waals surface area contributed by atoms with Crippen LogP contribution in [0.25, 0.3) is 22.0 Å². The topological polar surface area (TPSA) is 108 Å². The molecule has 1 aliphatic rings. The van der Waals surface area contributed by atoms with E-state index in [1.807, 2.05) is 37.3 Å². The molecule has 2 heterocycles. The summed E-state index contributed by atoms with van der Waals surface area (Å²) in [6.45, 7) is 6.69. The fourth-order valence-electron chi connectivity index (χ4n) is 3.57. The van der Waals surface area contributed by atoms with E-state index in [2.05, 4.69) is 16.8 Å². The van der Waals surface area contributed by atoms with Crippen LogP contribution >= 0.6 is 0 Å². The van der Waals surface area contributed by atoms with E-state index in [9.17, 15) is 4.79 Å². The number of nitrogens with two attached hydrogens (primary N) is 1. The maximum atomic E-state index is 12.8. The van der Waals surface area contributed by atoms with Gasteiger partial charge in [0.2, 0.25) is 5.88 Å². The molecule has 3 N–H and O–H groups in total. The van der Waals surface area contributed by atoms with Crippen LogP contribution in [-0.2, 0) is 6.54 Å². The number of benzene rings is 2. The molecule has 7 nitrogen and oxygen atoms in total. The van der Waals surface area contributed by atoms with Crippen molar-refractivity contribution in [2.24, 2.45) is 0 Å². The second kappa shape index (κ2) is 6.74. The first-order valence-electron chi connectivity index (χ1n) is 8.93. The highest BCUT2D eigenvalue weighted by Crippen LogP contribution is 2.38. The number of aromatic nitrogens is 2. The van der Waals surface area contributed by atoms with Crippen LogP contribution in [0.3, 0.4) is 0 Å². The highest BCUT2D eigenvalue weighted by Gasteiger charge is 2.32. The molecule has 140 valence electrons. The Balaban J connectivity index is 1.80. The number of carbonyl (C=O) groups excluding carboxylic acids is 1. The van der Waals surface area contributed by atoms with Crippen molar-refractivity contribution in [2.45, 2.75) is 13.5 Å². The van der Waals surface area contributed by atoms with Gasteiger partial charge in [-0.15, -0.1) is 5.10 Å². The number of fused-ring (bicyclic) bond motifs is 2. The molecule has 1 amide bonds. The standard InChI is InChI=1S/C21H19N5O2/c1-3-28-20-15-8-13(4-7-18(15)24-25-20)14-5-6-17(23)19-16(14)11-26(21(19)27)10-12(2)9-22/h4-8H,2-3,10-11,23H2,1H3,(H,24,25). The third-order valence-electron chi connectivity index (χ3n) is 4.85. The molecule has 3 aromatic rings. The van der Waals surface area contributed by atoms with Gasteiger partial charge in [0.15, 0.2) is 0 Å². The van der Waals surface area contributed by atoms with Crippen molar-refractivity contribution in [1.82, 2.24) is 15.1 Å². The first-order chi connectivity index (χ1) is 13.5. The molecule has 0 saturated heterocycles. The Kier molecular flexibility index (Phi) is 4.24. The van der Waals surface area contributed by atoms with Crippen LogP contribution < -0.4 is 10.5 Å².